The molecular formula is C36H57ClO. The summed E-state index contributed by atoms with van der Waals surface area (Å²) in [7, 11) is 0. The van der Waals surface area contributed by atoms with Crippen molar-refractivity contribution in [2.24, 2.45) is 5.92 Å². The van der Waals surface area contributed by atoms with Crippen molar-refractivity contribution in [3.63, 3.8) is 0 Å². The highest BCUT2D eigenvalue weighted by Crippen LogP contribution is 2.33. The zero-order valence-corrected chi connectivity index (χ0v) is 26.8. The van der Waals surface area contributed by atoms with Crippen LogP contribution in [0.5, 0.6) is 0 Å². The fraction of sp³-hybridized carbons (Fsp3) is 0.611. The van der Waals surface area contributed by atoms with E-state index in [2.05, 4.69) is 66.3 Å². The van der Waals surface area contributed by atoms with Crippen LogP contribution >= 0.6 is 11.6 Å². The lowest BCUT2D eigenvalue weighted by atomic mass is 9.86. The maximum Gasteiger partial charge on any atom is 0.0827 e. The SMILES string of the molecule is C=C(C)CCCCCc1ccc(Cl)cc1C.CC.CCCC(OCC1CCC1)c1ccc(CC)c(C)c1C. The normalized spacial score (nSPS) is 13.5. The Morgan fingerprint density at radius 3 is 2.21 bits per heavy atom. The summed E-state index contributed by atoms with van der Waals surface area (Å²) in [6.45, 7) is 22.1. The zero-order valence-electron chi connectivity index (χ0n) is 26.0. The van der Waals surface area contributed by atoms with E-state index in [1.165, 1.54) is 96.7 Å². The molecule has 38 heavy (non-hydrogen) atoms. The van der Waals surface area contributed by atoms with Gasteiger partial charge in [-0.15, -0.1) is 6.58 Å². The number of hydrogen-bond donors (Lipinski definition) is 0. The van der Waals surface area contributed by atoms with Gasteiger partial charge in [0.15, 0.2) is 0 Å². The van der Waals surface area contributed by atoms with Crippen LogP contribution in [0.25, 0.3) is 0 Å². The molecule has 0 N–H and O–H groups in total. The second-order valence-corrected chi connectivity index (χ2v) is 11.4. The maximum absolute atomic E-state index is 6.28. The molecule has 0 amide bonds. The van der Waals surface area contributed by atoms with Gasteiger partial charge in [0, 0.05) is 5.02 Å². The minimum atomic E-state index is 0.296. The van der Waals surface area contributed by atoms with Crippen LogP contribution in [0, 0.1) is 26.7 Å². The number of rotatable bonds is 13. The summed E-state index contributed by atoms with van der Waals surface area (Å²) >= 11 is 5.93. The largest absolute Gasteiger partial charge is 0.373 e. The summed E-state index contributed by atoms with van der Waals surface area (Å²) in [5.41, 5.74) is 9.82. The molecule has 0 heterocycles. The minimum absolute atomic E-state index is 0.296. The Balaban J connectivity index is 0.000000365. The van der Waals surface area contributed by atoms with Crippen molar-refractivity contribution in [1.82, 2.24) is 0 Å². The molecule has 1 fully saturated rings. The number of aryl methyl sites for hydroxylation is 3. The van der Waals surface area contributed by atoms with Gasteiger partial charge in [-0.1, -0.05) is 82.3 Å². The molecule has 0 saturated heterocycles. The third-order valence-corrected chi connectivity index (χ3v) is 8.07. The van der Waals surface area contributed by atoms with Gasteiger partial charge >= 0.3 is 0 Å². The Bertz CT molecular complexity index is 941. The Labute approximate surface area is 241 Å². The molecule has 1 nitrogen and oxygen atoms in total. The third kappa shape index (κ3) is 12.1. The van der Waals surface area contributed by atoms with Crippen molar-refractivity contribution >= 4 is 11.6 Å². The van der Waals surface area contributed by atoms with Crippen LogP contribution in [0.1, 0.15) is 132 Å². The predicted octanol–water partition coefficient (Wildman–Crippen LogP) is 11.9. The zero-order chi connectivity index (χ0) is 28.5. The first-order chi connectivity index (χ1) is 18.3. The smallest absolute Gasteiger partial charge is 0.0827 e. The van der Waals surface area contributed by atoms with E-state index in [1.807, 2.05) is 26.0 Å². The van der Waals surface area contributed by atoms with Gasteiger partial charge in [-0.3, -0.25) is 0 Å². The molecule has 1 atom stereocenters. The Morgan fingerprint density at radius 2 is 1.66 bits per heavy atom. The number of hydrogen-bond acceptors (Lipinski definition) is 1. The van der Waals surface area contributed by atoms with Crippen molar-refractivity contribution < 1.29 is 4.74 Å². The number of allylic oxidation sites excluding steroid dienone is 1. The van der Waals surface area contributed by atoms with Gasteiger partial charge in [0.2, 0.25) is 0 Å². The molecule has 0 bridgehead atoms. The molecule has 1 aliphatic rings. The summed E-state index contributed by atoms with van der Waals surface area (Å²) < 4.78 is 6.28. The first kappa shape index (κ1) is 34.5. The predicted molar refractivity (Wildman–Crippen MR) is 171 cm³/mol. The van der Waals surface area contributed by atoms with Crippen LogP contribution < -0.4 is 0 Å². The Kier molecular flexibility index (Phi) is 17.7. The van der Waals surface area contributed by atoms with Crippen molar-refractivity contribution in [1.29, 1.82) is 0 Å². The van der Waals surface area contributed by atoms with Gasteiger partial charge in [-0.25, -0.2) is 0 Å². The lowest BCUT2D eigenvalue weighted by molar-refractivity contribution is 0.00438. The third-order valence-electron chi connectivity index (χ3n) is 7.83. The molecule has 2 aromatic rings. The highest BCUT2D eigenvalue weighted by molar-refractivity contribution is 6.30. The monoisotopic (exact) mass is 540 g/mol. The number of unbranched alkanes of at least 4 members (excludes halogenated alkanes) is 2. The molecule has 2 heteroatoms. The van der Waals surface area contributed by atoms with Gasteiger partial charge in [0.25, 0.3) is 0 Å². The highest BCUT2D eigenvalue weighted by atomic mass is 35.5. The van der Waals surface area contributed by atoms with E-state index in [0.29, 0.717) is 6.10 Å². The highest BCUT2D eigenvalue weighted by Gasteiger charge is 2.21. The van der Waals surface area contributed by atoms with E-state index in [4.69, 9.17) is 16.3 Å². The molecule has 2 aromatic carbocycles. The molecule has 214 valence electrons. The standard InChI is InChI=1S/C19H30O.C15H21Cl.C2H6/c1-5-8-19(20-13-16-9-7-10-16)18-12-11-17(6-2)14(3)15(18)4;1-12(2)7-5-4-6-8-14-9-10-15(16)11-13(14)3;1-2/h11-12,16,19H,5-10,13H2,1-4H3;9-11H,1,4-8H2,2-3H3;1-2H3. The minimum Gasteiger partial charge on any atom is -0.373 e. The number of ether oxygens (including phenoxy) is 1. The topological polar surface area (TPSA) is 9.23 Å². The van der Waals surface area contributed by atoms with Crippen LogP contribution in [0.15, 0.2) is 42.5 Å². The number of halogens is 1. The van der Waals surface area contributed by atoms with Crippen molar-refractivity contribution in [2.45, 2.75) is 132 Å². The van der Waals surface area contributed by atoms with Crippen molar-refractivity contribution in [2.75, 3.05) is 6.61 Å². The second-order valence-electron chi connectivity index (χ2n) is 10.9. The summed E-state index contributed by atoms with van der Waals surface area (Å²) in [6, 6.07) is 10.8. The molecular weight excluding hydrogens is 484 g/mol. The van der Waals surface area contributed by atoms with Gasteiger partial charge in [-0.05, 0) is 130 Å². The Morgan fingerprint density at radius 1 is 0.974 bits per heavy atom. The summed E-state index contributed by atoms with van der Waals surface area (Å²) in [5, 5.41) is 0.837. The van der Waals surface area contributed by atoms with Crippen LogP contribution in [-0.4, -0.2) is 6.61 Å². The van der Waals surface area contributed by atoms with E-state index in [0.717, 1.165) is 30.4 Å². The molecule has 0 radical (unpaired) electrons. The lowest BCUT2D eigenvalue weighted by Gasteiger charge is -2.29. The Hall–Kier alpha value is -1.57. The average molecular weight is 541 g/mol. The molecule has 0 aliphatic heterocycles. The van der Waals surface area contributed by atoms with Crippen LogP contribution in [0.3, 0.4) is 0 Å². The molecule has 1 aliphatic carbocycles. The first-order valence-electron chi connectivity index (χ1n) is 15.4. The van der Waals surface area contributed by atoms with Crippen molar-refractivity contribution in [3.8, 4) is 0 Å². The van der Waals surface area contributed by atoms with E-state index < -0.39 is 0 Å². The van der Waals surface area contributed by atoms with E-state index in [9.17, 15) is 0 Å². The molecule has 0 spiro atoms. The van der Waals surface area contributed by atoms with E-state index in [1.54, 1.807) is 0 Å². The fourth-order valence-electron chi connectivity index (χ4n) is 4.99. The summed E-state index contributed by atoms with van der Waals surface area (Å²) in [5.74, 6) is 0.825. The van der Waals surface area contributed by atoms with E-state index >= 15 is 0 Å². The van der Waals surface area contributed by atoms with Crippen LogP contribution in [-0.2, 0) is 17.6 Å². The van der Waals surface area contributed by atoms with Gasteiger partial charge < -0.3 is 4.74 Å². The quantitative estimate of drug-likeness (QED) is 0.181. The van der Waals surface area contributed by atoms with Gasteiger partial charge in [0.1, 0.15) is 0 Å². The summed E-state index contributed by atoms with van der Waals surface area (Å²) in [4.78, 5) is 0. The second kappa shape index (κ2) is 19.5. The first-order valence-corrected chi connectivity index (χ1v) is 15.7. The average Bonchev–Trinajstić information content (AvgIpc) is 2.87. The van der Waals surface area contributed by atoms with Gasteiger partial charge in [-0.2, -0.15) is 0 Å². The maximum atomic E-state index is 6.28. The van der Waals surface area contributed by atoms with Crippen LogP contribution in [0.4, 0.5) is 0 Å². The lowest BCUT2D eigenvalue weighted by Crippen LogP contribution is -2.20. The molecule has 0 aromatic heterocycles. The fourth-order valence-corrected chi connectivity index (χ4v) is 5.22. The van der Waals surface area contributed by atoms with Gasteiger partial charge in [0.05, 0.1) is 12.7 Å². The number of benzene rings is 2. The molecule has 3 rings (SSSR count). The molecule has 1 unspecified atom stereocenters. The molecule has 1 saturated carbocycles. The van der Waals surface area contributed by atoms with Crippen molar-refractivity contribution in [3.05, 3.63) is 80.9 Å². The van der Waals surface area contributed by atoms with Crippen LogP contribution in [0.2, 0.25) is 5.02 Å². The summed E-state index contributed by atoms with van der Waals surface area (Å²) in [6.07, 6.45) is 14.0. The van der Waals surface area contributed by atoms with E-state index in [-0.39, 0.29) is 0 Å².